The van der Waals surface area contributed by atoms with Gasteiger partial charge in [-0.2, -0.15) is 0 Å². The monoisotopic (exact) mass is 308 g/mol. The molecule has 0 bridgehead atoms. The highest BCUT2D eigenvalue weighted by Gasteiger charge is 2.37. The van der Waals surface area contributed by atoms with Gasteiger partial charge >= 0.3 is 5.97 Å². The Kier molecular flexibility index (Phi) is 6.62. The van der Waals surface area contributed by atoms with E-state index in [9.17, 15) is 9.90 Å². The molecule has 0 fully saturated rings. The second kappa shape index (κ2) is 7.76. The molecule has 118 valence electrons. The summed E-state index contributed by atoms with van der Waals surface area (Å²) in [5.74, 6) is -0.769. The third kappa shape index (κ3) is 6.91. The van der Waals surface area contributed by atoms with Gasteiger partial charge in [-0.1, -0.05) is 43.7 Å². The maximum atomic E-state index is 11.3. The molecule has 1 aromatic rings. The smallest absolute Gasteiger partial charge is 0.306 e. The molecule has 0 aromatic heterocycles. The van der Waals surface area contributed by atoms with Crippen molar-refractivity contribution in [2.75, 3.05) is 0 Å². The van der Waals surface area contributed by atoms with Crippen LogP contribution >= 0.6 is 0 Å². The molecular formula is C17H28O3Si. The van der Waals surface area contributed by atoms with Gasteiger partial charge in [0.1, 0.15) is 0 Å². The quantitative estimate of drug-likeness (QED) is 0.684. The van der Waals surface area contributed by atoms with Crippen molar-refractivity contribution in [3.05, 3.63) is 35.9 Å². The average Bonchev–Trinajstić information content (AvgIpc) is 2.35. The van der Waals surface area contributed by atoms with Crippen molar-refractivity contribution in [1.29, 1.82) is 0 Å². The van der Waals surface area contributed by atoms with Crippen LogP contribution in [0.3, 0.4) is 0 Å². The number of carbonyl (C=O) groups is 1. The maximum Gasteiger partial charge on any atom is 0.306 e. The van der Waals surface area contributed by atoms with Crippen LogP contribution in [-0.4, -0.2) is 25.0 Å². The predicted molar refractivity (Wildman–Crippen MR) is 89.1 cm³/mol. The number of aliphatic carboxylic acids is 1. The zero-order chi connectivity index (χ0) is 15.9. The normalized spacial score (nSPS) is 14.7. The van der Waals surface area contributed by atoms with Gasteiger partial charge in [-0.05, 0) is 44.5 Å². The molecule has 0 aliphatic carbocycles. The lowest BCUT2D eigenvalue weighted by Crippen LogP contribution is -2.44. The third-order valence-electron chi connectivity index (χ3n) is 3.41. The van der Waals surface area contributed by atoms with Crippen LogP contribution in [0.25, 0.3) is 0 Å². The van der Waals surface area contributed by atoms with E-state index in [-0.39, 0.29) is 6.42 Å². The van der Waals surface area contributed by atoms with Gasteiger partial charge in [0, 0.05) is 0 Å². The molecule has 1 aromatic carbocycles. The topological polar surface area (TPSA) is 46.5 Å². The van der Waals surface area contributed by atoms with Crippen LogP contribution in [0.1, 0.15) is 38.2 Å². The van der Waals surface area contributed by atoms with E-state index in [4.69, 9.17) is 4.43 Å². The summed E-state index contributed by atoms with van der Waals surface area (Å²) in [6, 6.07) is 10.2. The van der Waals surface area contributed by atoms with Gasteiger partial charge in [-0.3, -0.25) is 4.79 Å². The van der Waals surface area contributed by atoms with Gasteiger partial charge in [-0.15, -0.1) is 0 Å². The third-order valence-corrected chi connectivity index (χ3v) is 4.46. The van der Waals surface area contributed by atoms with Crippen molar-refractivity contribution in [3.63, 3.8) is 0 Å². The Bertz CT molecular complexity index is 439. The van der Waals surface area contributed by atoms with Crippen LogP contribution in [0.15, 0.2) is 30.3 Å². The van der Waals surface area contributed by atoms with Crippen LogP contribution in [0.2, 0.25) is 19.6 Å². The fraction of sp³-hybridized carbons (Fsp3) is 0.588. The van der Waals surface area contributed by atoms with Crippen LogP contribution in [0, 0.1) is 0 Å². The van der Waals surface area contributed by atoms with Crippen molar-refractivity contribution < 1.29 is 14.3 Å². The molecule has 0 saturated heterocycles. The van der Waals surface area contributed by atoms with Gasteiger partial charge in [-0.25, -0.2) is 0 Å². The van der Waals surface area contributed by atoms with Gasteiger partial charge in [0.25, 0.3) is 0 Å². The lowest BCUT2D eigenvalue weighted by molar-refractivity contribution is -0.142. The zero-order valence-electron chi connectivity index (χ0n) is 13.7. The Labute approximate surface area is 129 Å². The van der Waals surface area contributed by atoms with E-state index in [1.54, 1.807) is 0 Å². The second-order valence-corrected chi connectivity index (χ2v) is 11.1. The summed E-state index contributed by atoms with van der Waals surface area (Å²) in [7, 11) is -1.80. The highest BCUT2D eigenvalue weighted by atomic mass is 28.4. The fourth-order valence-corrected chi connectivity index (χ4v) is 4.41. The zero-order valence-corrected chi connectivity index (χ0v) is 14.7. The first kappa shape index (κ1) is 17.9. The Hall–Kier alpha value is -1.13. The van der Waals surface area contributed by atoms with Crippen LogP contribution in [0.4, 0.5) is 0 Å². The molecule has 0 aliphatic heterocycles. The number of carboxylic acids is 1. The molecule has 0 radical (unpaired) electrons. The largest absolute Gasteiger partial charge is 0.481 e. The Balaban J connectivity index is 2.89. The lowest BCUT2D eigenvalue weighted by atomic mass is 9.87. The molecule has 0 aliphatic rings. The van der Waals surface area contributed by atoms with Crippen molar-refractivity contribution in [2.45, 2.75) is 64.3 Å². The highest BCUT2D eigenvalue weighted by Crippen LogP contribution is 2.32. The van der Waals surface area contributed by atoms with Gasteiger partial charge in [0.15, 0.2) is 8.32 Å². The first-order chi connectivity index (χ1) is 9.76. The molecule has 3 nitrogen and oxygen atoms in total. The minimum absolute atomic E-state index is 0.0952. The number of hydrogen-bond donors (Lipinski definition) is 1. The SMILES string of the molecule is CCCC(CCc1ccccc1)(CC(=O)O)O[Si](C)(C)C. The van der Waals surface area contributed by atoms with Crippen molar-refractivity contribution >= 4 is 14.3 Å². The molecule has 0 saturated carbocycles. The van der Waals surface area contributed by atoms with Gasteiger partial charge in [0.05, 0.1) is 12.0 Å². The fourth-order valence-electron chi connectivity index (χ4n) is 2.84. The lowest BCUT2D eigenvalue weighted by Gasteiger charge is -2.38. The first-order valence-electron chi connectivity index (χ1n) is 7.72. The molecule has 21 heavy (non-hydrogen) atoms. The van der Waals surface area contributed by atoms with Crippen molar-refractivity contribution in [3.8, 4) is 0 Å². The Morgan fingerprint density at radius 3 is 2.29 bits per heavy atom. The van der Waals surface area contributed by atoms with Crippen molar-refractivity contribution in [2.24, 2.45) is 0 Å². The van der Waals surface area contributed by atoms with E-state index in [0.29, 0.717) is 0 Å². The average molecular weight is 308 g/mol. The summed E-state index contributed by atoms with van der Waals surface area (Å²) in [5.41, 5.74) is 0.712. The number of carboxylic acid groups (broad SMARTS) is 1. The summed E-state index contributed by atoms with van der Waals surface area (Å²) in [5, 5.41) is 9.31. The van der Waals surface area contributed by atoms with E-state index < -0.39 is 19.9 Å². The van der Waals surface area contributed by atoms with E-state index in [1.165, 1.54) is 5.56 Å². The summed E-state index contributed by atoms with van der Waals surface area (Å²) in [6.45, 7) is 8.47. The van der Waals surface area contributed by atoms with E-state index in [1.807, 2.05) is 18.2 Å². The summed E-state index contributed by atoms with van der Waals surface area (Å²) >= 11 is 0. The second-order valence-electron chi connectivity index (χ2n) is 6.70. The summed E-state index contributed by atoms with van der Waals surface area (Å²) in [6.07, 6.45) is 3.46. The molecular weight excluding hydrogens is 280 g/mol. The number of rotatable bonds is 9. The van der Waals surface area contributed by atoms with Crippen LogP contribution < -0.4 is 0 Å². The molecule has 4 heteroatoms. The minimum Gasteiger partial charge on any atom is -0.481 e. The van der Waals surface area contributed by atoms with Crippen molar-refractivity contribution in [1.82, 2.24) is 0 Å². The molecule has 1 rings (SSSR count). The first-order valence-corrected chi connectivity index (χ1v) is 11.1. The highest BCUT2D eigenvalue weighted by molar-refractivity contribution is 6.69. The van der Waals surface area contributed by atoms with Gasteiger partial charge in [0.2, 0.25) is 0 Å². The minimum atomic E-state index is -1.80. The van der Waals surface area contributed by atoms with E-state index >= 15 is 0 Å². The van der Waals surface area contributed by atoms with Gasteiger partial charge < -0.3 is 9.53 Å². The van der Waals surface area contributed by atoms with Crippen LogP contribution in [0.5, 0.6) is 0 Å². The molecule has 1 unspecified atom stereocenters. The molecule has 1 N–H and O–H groups in total. The molecule has 1 atom stereocenters. The molecule has 0 spiro atoms. The summed E-state index contributed by atoms with van der Waals surface area (Å²) in [4.78, 5) is 11.3. The predicted octanol–water partition coefficient (Wildman–Crippen LogP) is 4.48. The van der Waals surface area contributed by atoms with Crippen LogP contribution in [-0.2, 0) is 15.6 Å². The van der Waals surface area contributed by atoms with E-state index in [2.05, 4.69) is 38.7 Å². The van der Waals surface area contributed by atoms with E-state index in [0.717, 1.165) is 25.7 Å². The number of benzene rings is 1. The standard InChI is InChI=1S/C17H28O3Si/c1-5-12-17(14-16(18)19,20-21(2,3)4)13-11-15-9-7-6-8-10-15/h6-10H,5,11-14H2,1-4H3,(H,18,19). The Morgan fingerprint density at radius 2 is 1.81 bits per heavy atom. The molecule has 0 amide bonds. The Morgan fingerprint density at radius 1 is 1.19 bits per heavy atom. The maximum absolute atomic E-state index is 11.3. The number of hydrogen-bond acceptors (Lipinski definition) is 2. The molecule has 0 heterocycles. The summed E-state index contributed by atoms with van der Waals surface area (Å²) < 4.78 is 6.36. The number of aryl methyl sites for hydroxylation is 1.